The first-order valence-electron chi connectivity index (χ1n) is 3.32. The smallest absolute Gasteiger partial charge is 0.338 e. The molecule has 2 nitrogen and oxygen atoms in total. The molecule has 0 amide bonds. The SMILES string of the molecule is CSc1cc(C(=O)O)c(F)cc1Cl. The van der Waals surface area contributed by atoms with E-state index in [-0.39, 0.29) is 10.6 Å². The maximum atomic E-state index is 12.9. The van der Waals surface area contributed by atoms with E-state index in [1.165, 1.54) is 17.8 Å². The Kier molecular flexibility index (Phi) is 3.17. The van der Waals surface area contributed by atoms with E-state index in [9.17, 15) is 9.18 Å². The molecule has 0 radical (unpaired) electrons. The van der Waals surface area contributed by atoms with Crippen LogP contribution < -0.4 is 0 Å². The lowest BCUT2D eigenvalue weighted by molar-refractivity contribution is 0.0691. The average molecular weight is 221 g/mol. The minimum absolute atomic E-state index is 0.231. The van der Waals surface area contributed by atoms with Gasteiger partial charge in [-0.25, -0.2) is 9.18 Å². The highest BCUT2D eigenvalue weighted by atomic mass is 35.5. The van der Waals surface area contributed by atoms with Gasteiger partial charge in [-0.2, -0.15) is 0 Å². The number of hydrogen-bond donors (Lipinski definition) is 1. The van der Waals surface area contributed by atoms with E-state index >= 15 is 0 Å². The van der Waals surface area contributed by atoms with Crippen LogP contribution >= 0.6 is 23.4 Å². The Labute approximate surface area is 83.7 Å². The molecule has 5 heteroatoms. The van der Waals surface area contributed by atoms with Crippen molar-refractivity contribution < 1.29 is 14.3 Å². The highest BCUT2D eigenvalue weighted by Crippen LogP contribution is 2.27. The summed E-state index contributed by atoms with van der Waals surface area (Å²) in [5.41, 5.74) is -0.353. The van der Waals surface area contributed by atoms with Crippen LogP contribution in [0.4, 0.5) is 4.39 Å². The quantitative estimate of drug-likeness (QED) is 0.779. The Balaban J connectivity index is 3.30. The van der Waals surface area contributed by atoms with Crippen LogP contribution in [0.3, 0.4) is 0 Å². The summed E-state index contributed by atoms with van der Waals surface area (Å²) >= 11 is 6.93. The maximum Gasteiger partial charge on any atom is 0.338 e. The molecule has 0 aliphatic heterocycles. The van der Waals surface area contributed by atoms with Crippen molar-refractivity contribution in [2.24, 2.45) is 0 Å². The third-order valence-corrected chi connectivity index (χ3v) is 2.67. The van der Waals surface area contributed by atoms with Crippen molar-refractivity contribution in [2.45, 2.75) is 4.90 Å². The van der Waals surface area contributed by atoms with Gasteiger partial charge in [-0.05, 0) is 18.4 Å². The van der Waals surface area contributed by atoms with Gasteiger partial charge in [0.2, 0.25) is 0 Å². The minimum atomic E-state index is -1.29. The largest absolute Gasteiger partial charge is 0.478 e. The van der Waals surface area contributed by atoms with Crippen LogP contribution in [-0.4, -0.2) is 17.3 Å². The lowest BCUT2D eigenvalue weighted by Crippen LogP contribution is -2.00. The van der Waals surface area contributed by atoms with Gasteiger partial charge in [-0.3, -0.25) is 0 Å². The molecule has 0 unspecified atom stereocenters. The van der Waals surface area contributed by atoms with Gasteiger partial charge in [0, 0.05) is 4.90 Å². The van der Waals surface area contributed by atoms with Crippen molar-refractivity contribution in [3.63, 3.8) is 0 Å². The Hall–Kier alpha value is -0.740. The third kappa shape index (κ3) is 2.14. The average Bonchev–Trinajstić information content (AvgIpc) is 2.03. The summed E-state index contributed by atoms with van der Waals surface area (Å²) in [5.74, 6) is -2.10. The first-order chi connectivity index (χ1) is 6.06. The van der Waals surface area contributed by atoms with Gasteiger partial charge < -0.3 is 5.11 Å². The van der Waals surface area contributed by atoms with Gasteiger partial charge in [-0.1, -0.05) is 11.6 Å². The number of halogens is 2. The molecule has 1 aromatic rings. The zero-order chi connectivity index (χ0) is 10.0. The normalized spacial score (nSPS) is 10.1. The number of carbonyl (C=O) groups is 1. The molecular weight excluding hydrogens is 215 g/mol. The van der Waals surface area contributed by atoms with E-state index in [2.05, 4.69) is 0 Å². The second kappa shape index (κ2) is 3.98. The van der Waals surface area contributed by atoms with Crippen LogP contribution in [0, 0.1) is 5.82 Å². The van der Waals surface area contributed by atoms with Crippen molar-refractivity contribution >= 4 is 29.3 Å². The first kappa shape index (κ1) is 10.3. The summed E-state index contributed by atoms with van der Waals surface area (Å²) in [6.07, 6.45) is 1.74. The number of thioether (sulfide) groups is 1. The van der Waals surface area contributed by atoms with Gasteiger partial charge in [0.15, 0.2) is 0 Å². The second-order valence-corrected chi connectivity index (χ2v) is 3.53. The summed E-state index contributed by atoms with van der Waals surface area (Å²) in [5, 5.41) is 8.82. The third-order valence-electron chi connectivity index (χ3n) is 1.47. The predicted molar refractivity (Wildman–Crippen MR) is 50.2 cm³/mol. The topological polar surface area (TPSA) is 37.3 Å². The molecule has 0 aliphatic rings. The molecule has 0 heterocycles. The van der Waals surface area contributed by atoms with Gasteiger partial charge in [0.1, 0.15) is 5.82 Å². The van der Waals surface area contributed by atoms with Crippen molar-refractivity contribution in [2.75, 3.05) is 6.26 Å². The summed E-state index contributed by atoms with van der Waals surface area (Å²) in [4.78, 5) is 11.1. The molecule has 70 valence electrons. The van der Waals surface area contributed by atoms with Crippen LogP contribution in [0.1, 0.15) is 10.4 Å². The van der Waals surface area contributed by atoms with Gasteiger partial charge in [-0.15, -0.1) is 11.8 Å². The molecule has 0 atom stereocenters. The van der Waals surface area contributed by atoms with Crippen LogP contribution in [-0.2, 0) is 0 Å². The Morgan fingerprint density at radius 1 is 1.62 bits per heavy atom. The molecule has 1 rings (SSSR count). The Morgan fingerprint density at radius 2 is 2.23 bits per heavy atom. The summed E-state index contributed by atoms with van der Waals surface area (Å²) in [6.45, 7) is 0. The van der Waals surface area contributed by atoms with Crippen LogP contribution in [0.2, 0.25) is 5.02 Å². The summed E-state index contributed by atoms with van der Waals surface area (Å²) < 4.78 is 12.9. The standard InChI is InChI=1S/C8H6ClFO2S/c1-13-7-2-4(8(11)12)6(10)3-5(7)9/h2-3H,1H3,(H,11,12). The molecule has 0 fully saturated rings. The number of rotatable bonds is 2. The molecule has 0 saturated carbocycles. The predicted octanol–water partition coefficient (Wildman–Crippen LogP) is 2.90. The Morgan fingerprint density at radius 3 is 2.69 bits per heavy atom. The monoisotopic (exact) mass is 220 g/mol. The molecule has 0 aliphatic carbocycles. The van der Waals surface area contributed by atoms with Gasteiger partial charge >= 0.3 is 5.97 Å². The fraction of sp³-hybridized carbons (Fsp3) is 0.125. The number of carboxylic acids is 1. The number of benzene rings is 1. The number of carboxylic acid groups (broad SMARTS) is 1. The van der Waals surface area contributed by atoms with Crippen molar-refractivity contribution in [3.05, 3.63) is 28.5 Å². The minimum Gasteiger partial charge on any atom is -0.478 e. The van der Waals surface area contributed by atoms with Crippen LogP contribution in [0.15, 0.2) is 17.0 Å². The fourth-order valence-electron chi connectivity index (χ4n) is 0.849. The van der Waals surface area contributed by atoms with Crippen LogP contribution in [0.5, 0.6) is 0 Å². The van der Waals surface area contributed by atoms with Gasteiger partial charge in [0.05, 0.1) is 10.6 Å². The summed E-state index contributed by atoms with van der Waals surface area (Å²) in [6, 6.07) is 2.24. The van der Waals surface area contributed by atoms with E-state index in [1.807, 2.05) is 0 Å². The molecule has 0 aromatic heterocycles. The molecule has 1 aromatic carbocycles. The lowest BCUT2D eigenvalue weighted by atomic mass is 10.2. The van der Waals surface area contributed by atoms with E-state index in [1.54, 1.807) is 6.26 Å². The number of hydrogen-bond acceptors (Lipinski definition) is 2. The molecule has 13 heavy (non-hydrogen) atoms. The fourth-order valence-corrected chi connectivity index (χ4v) is 1.72. The molecular formula is C8H6ClFO2S. The van der Waals surface area contributed by atoms with Crippen molar-refractivity contribution in [3.8, 4) is 0 Å². The zero-order valence-electron chi connectivity index (χ0n) is 6.67. The summed E-state index contributed by atoms with van der Waals surface area (Å²) in [7, 11) is 0. The van der Waals surface area contributed by atoms with Crippen molar-refractivity contribution in [1.82, 2.24) is 0 Å². The second-order valence-electron chi connectivity index (χ2n) is 2.27. The van der Waals surface area contributed by atoms with Crippen LogP contribution in [0.25, 0.3) is 0 Å². The first-order valence-corrected chi connectivity index (χ1v) is 4.93. The molecule has 0 saturated heterocycles. The van der Waals surface area contributed by atoms with E-state index in [4.69, 9.17) is 16.7 Å². The molecule has 1 N–H and O–H groups in total. The van der Waals surface area contributed by atoms with E-state index in [0.717, 1.165) is 6.07 Å². The zero-order valence-corrected chi connectivity index (χ0v) is 8.25. The van der Waals surface area contributed by atoms with Gasteiger partial charge in [0.25, 0.3) is 0 Å². The van der Waals surface area contributed by atoms with Crippen molar-refractivity contribution in [1.29, 1.82) is 0 Å². The maximum absolute atomic E-state index is 12.9. The number of aromatic carboxylic acids is 1. The Bertz CT molecular complexity index is 354. The molecule has 0 bridgehead atoms. The van der Waals surface area contributed by atoms with E-state index in [0.29, 0.717) is 4.90 Å². The van der Waals surface area contributed by atoms with E-state index < -0.39 is 11.8 Å². The highest BCUT2D eigenvalue weighted by Gasteiger charge is 2.13. The highest BCUT2D eigenvalue weighted by molar-refractivity contribution is 7.98. The molecule has 0 spiro atoms. The lowest BCUT2D eigenvalue weighted by Gasteiger charge is -2.03.